The van der Waals surface area contributed by atoms with E-state index in [2.05, 4.69) is 10.1 Å². The predicted octanol–water partition coefficient (Wildman–Crippen LogP) is 2.67. The number of alkyl halides is 6. The van der Waals surface area contributed by atoms with Gasteiger partial charge in [0.25, 0.3) is 11.8 Å². The van der Waals surface area contributed by atoms with Crippen LogP contribution in [0.3, 0.4) is 0 Å². The molecule has 32 heavy (non-hydrogen) atoms. The number of hydrogen-bond acceptors (Lipinski definition) is 6. The topological polar surface area (TPSA) is 120 Å². The van der Waals surface area contributed by atoms with E-state index in [4.69, 9.17) is 11.6 Å². The fourth-order valence-electron chi connectivity index (χ4n) is 2.34. The van der Waals surface area contributed by atoms with Crippen LogP contribution in [0.1, 0.15) is 25.0 Å². The van der Waals surface area contributed by atoms with E-state index >= 15 is 0 Å². The zero-order valence-electron chi connectivity index (χ0n) is 16.6. The summed E-state index contributed by atoms with van der Waals surface area (Å²) >= 11 is 0. The second-order valence-corrected chi connectivity index (χ2v) is 6.97. The number of hydrazine groups is 1. The minimum Gasteiger partial charge on any atom is -0.320 e. The Morgan fingerprint density at radius 1 is 1.06 bits per heavy atom. The van der Waals surface area contributed by atoms with Crippen molar-refractivity contribution in [1.29, 1.82) is 0 Å². The Morgan fingerprint density at radius 2 is 1.59 bits per heavy atom. The molecule has 2 rings (SSSR count). The fraction of sp³-hybridized carbons (Fsp3) is 0.333. The molecule has 14 heteroatoms. The number of amides is 2. The highest BCUT2D eigenvalue weighted by molar-refractivity contribution is 6.03. The van der Waals surface area contributed by atoms with Gasteiger partial charge in [-0.3, -0.25) is 9.59 Å². The highest BCUT2D eigenvalue weighted by atomic mass is 19.4. The summed E-state index contributed by atoms with van der Waals surface area (Å²) in [6.07, 6.45) is -7.35. The minimum atomic E-state index is -5.03. The molecule has 1 heterocycles. The van der Waals surface area contributed by atoms with E-state index in [1.165, 1.54) is 0 Å². The van der Waals surface area contributed by atoms with Gasteiger partial charge in [-0.15, -0.1) is 5.10 Å². The molecule has 1 aromatic heterocycles. The number of nitrogens with two attached hydrogens (primary N) is 2. The first-order valence-corrected chi connectivity index (χ1v) is 8.88. The lowest BCUT2D eigenvalue weighted by atomic mass is 10.0. The molecule has 0 radical (unpaired) electrons. The molecule has 0 fully saturated rings. The molecule has 1 atom stereocenters. The Kier molecular flexibility index (Phi) is 7.09. The van der Waals surface area contributed by atoms with Crippen molar-refractivity contribution in [1.82, 2.24) is 19.8 Å². The van der Waals surface area contributed by atoms with Crippen molar-refractivity contribution < 1.29 is 35.9 Å². The van der Waals surface area contributed by atoms with Gasteiger partial charge in [-0.1, -0.05) is 13.8 Å². The Morgan fingerprint density at radius 3 is 2.06 bits per heavy atom. The third kappa shape index (κ3) is 5.91. The van der Waals surface area contributed by atoms with Gasteiger partial charge in [0.05, 0.1) is 17.2 Å². The molecule has 2 amide bonds. The number of hydrogen-bond donors (Lipinski definition) is 2. The second-order valence-electron chi connectivity index (χ2n) is 6.97. The number of nitrogens with zero attached hydrogens (tertiary/aromatic N) is 4. The van der Waals surface area contributed by atoms with Crippen molar-refractivity contribution >= 4 is 18.0 Å². The summed E-state index contributed by atoms with van der Waals surface area (Å²) in [6.45, 7) is 3.29. The first-order chi connectivity index (χ1) is 14.6. The Labute approximate surface area is 177 Å². The molecular weight excluding hydrogens is 446 g/mol. The van der Waals surface area contributed by atoms with E-state index in [0.29, 0.717) is 12.1 Å². The third-order valence-electron chi connectivity index (χ3n) is 4.20. The lowest BCUT2D eigenvalue weighted by molar-refractivity contribution is -0.145. The number of halogens is 6. The van der Waals surface area contributed by atoms with Gasteiger partial charge in [-0.05, 0) is 24.1 Å². The maximum atomic E-state index is 13.0. The molecular formula is C18H18F6N6O2. The Bertz CT molecular complexity index is 995. The summed E-state index contributed by atoms with van der Waals surface area (Å²) in [7, 11) is 0. The van der Waals surface area contributed by atoms with Crippen LogP contribution in [0.5, 0.6) is 0 Å². The van der Waals surface area contributed by atoms with Crippen LogP contribution in [0, 0.1) is 5.92 Å². The van der Waals surface area contributed by atoms with E-state index in [1.807, 2.05) is 0 Å². The molecule has 0 aliphatic rings. The van der Waals surface area contributed by atoms with Crippen molar-refractivity contribution in [2.45, 2.75) is 32.2 Å². The Balaban J connectivity index is 2.29. The average Bonchev–Trinajstić information content (AvgIpc) is 3.17. The highest BCUT2D eigenvalue weighted by Gasteiger charge is 2.37. The van der Waals surface area contributed by atoms with Crippen molar-refractivity contribution in [2.24, 2.45) is 17.5 Å². The molecule has 0 saturated heterocycles. The molecule has 0 spiro atoms. The summed E-state index contributed by atoms with van der Waals surface area (Å²) in [5.74, 6) is 2.83. The van der Waals surface area contributed by atoms with Gasteiger partial charge in [-0.25, -0.2) is 20.5 Å². The number of rotatable bonds is 5. The van der Waals surface area contributed by atoms with Gasteiger partial charge in [0, 0.05) is 17.8 Å². The SMILES string of the molecule is CC(C)[C@@H](N)C(=O)N(N)C(=O)/C=C\n1cnc(-c2cc(C(F)(F)F)cc(C(F)(F)F)c2)n1. The van der Waals surface area contributed by atoms with Gasteiger partial charge >= 0.3 is 12.4 Å². The molecule has 1 aromatic carbocycles. The van der Waals surface area contributed by atoms with Crippen LogP contribution >= 0.6 is 0 Å². The van der Waals surface area contributed by atoms with Gasteiger partial charge in [0.2, 0.25) is 0 Å². The monoisotopic (exact) mass is 464 g/mol. The van der Waals surface area contributed by atoms with Crippen molar-refractivity contribution in [3.63, 3.8) is 0 Å². The second kappa shape index (κ2) is 9.08. The van der Waals surface area contributed by atoms with E-state index in [-0.39, 0.29) is 17.0 Å². The van der Waals surface area contributed by atoms with Gasteiger partial charge in [0.15, 0.2) is 5.82 Å². The maximum Gasteiger partial charge on any atom is 0.416 e. The standard InChI is InChI=1S/C18H18F6N6O2/c1-9(2)14(25)16(32)30(26)13(31)3-4-29-8-27-15(28-29)10-5-11(17(19,20)21)7-12(6-10)18(22,23)24/h3-9,14H,25-26H2,1-2H3/b4-3-/t14-/m1/s1. The van der Waals surface area contributed by atoms with Crippen LogP contribution in [0.2, 0.25) is 0 Å². The molecule has 0 aliphatic heterocycles. The third-order valence-corrected chi connectivity index (χ3v) is 4.20. The van der Waals surface area contributed by atoms with E-state index < -0.39 is 52.7 Å². The zero-order valence-corrected chi connectivity index (χ0v) is 16.6. The zero-order chi connectivity index (χ0) is 24.4. The predicted molar refractivity (Wildman–Crippen MR) is 99.6 cm³/mol. The molecule has 174 valence electrons. The first kappa shape index (κ1) is 25.0. The number of imide groups is 1. The van der Waals surface area contributed by atoms with E-state index in [0.717, 1.165) is 23.3 Å². The van der Waals surface area contributed by atoms with E-state index in [1.54, 1.807) is 13.8 Å². The summed E-state index contributed by atoms with van der Waals surface area (Å²) in [4.78, 5) is 27.6. The number of benzene rings is 1. The normalized spacial score (nSPS) is 13.6. The lowest BCUT2D eigenvalue weighted by Gasteiger charge is -2.20. The first-order valence-electron chi connectivity index (χ1n) is 8.88. The van der Waals surface area contributed by atoms with Crippen molar-refractivity contribution in [3.8, 4) is 11.4 Å². The quantitative estimate of drug-likeness (QED) is 0.231. The van der Waals surface area contributed by atoms with Crippen LogP contribution < -0.4 is 11.6 Å². The van der Waals surface area contributed by atoms with Crippen LogP contribution in [-0.2, 0) is 21.9 Å². The lowest BCUT2D eigenvalue weighted by Crippen LogP contribution is -2.52. The molecule has 0 bridgehead atoms. The van der Waals surface area contributed by atoms with Crippen molar-refractivity contribution in [3.05, 3.63) is 41.7 Å². The van der Waals surface area contributed by atoms with Crippen LogP contribution in [0.25, 0.3) is 17.6 Å². The largest absolute Gasteiger partial charge is 0.416 e. The van der Waals surface area contributed by atoms with Gasteiger partial charge in [0.1, 0.15) is 6.33 Å². The molecule has 4 N–H and O–H groups in total. The van der Waals surface area contributed by atoms with Gasteiger partial charge in [-0.2, -0.15) is 26.3 Å². The van der Waals surface area contributed by atoms with Crippen molar-refractivity contribution in [2.75, 3.05) is 0 Å². The number of carbonyl (C=O) groups excluding carboxylic acids is 2. The molecule has 8 nitrogen and oxygen atoms in total. The summed E-state index contributed by atoms with van der Waals surface area (Å²) < 4.78 is 78.8. The number of aromatic nitrogens is 3. The maximum absolute atomic E-state index is 13.0. The molecule has 0 saturated carbocycles. The van der Waals surface area contributed by atoms with Crippen LogP contribution in [0.4, 0.5) is 26.3 Å². The molecule has 2 aromatic rings. The number of carbonyl (C=O) groups is 2. The molecule has 0 unspecified atom stereocenters. The molecule has 0 aliphatic carbocycles. The van der Waals surface area contributed by atoms with Gasteiger partial charge < -0.3 is 5.73 Å². The fourth-order valence-corrected chi connectivity index (χ4v) is 2.34. The Hall–Kier alpha value is -3.26. The van der Waals surface area contributed by atoms with Crippen LogP contribution in [0.15, 0.2) is 30.6 Å². The summed E-state index contributed by atoms with van der Waals surface area (Å²) in [6, 6.07) is -0.109. The smallest absolute Gasteiger partial charge is 0.320 e. The summed E-state index contributed by atoms with van der Waals surface area (Å²) in [5, 5.41) is 4.01. The summed E-state index contributed by atoms with van der Waals surface area (Å²) in [5.41, 5.74) is 2.04. The highest BCUT2D eigenvalue weighted by Crippen LogP contribution is 2.38. The average molecular weight is 464 g/mol. The minimum absolute atomic E-state index is 0.0201. The van der Waals surface area contributed by atoms with E-state index in [9.17, 15) is 35.9 Å². The van der Waals surface area contributed by atoms with Crippen LogP contribution in [-0.4, -0.2) is 37.6 Å².